The molecular formula is C20H13Cl3FNO3S. The molecule has 1 amide bonds. The van der Waals surface area contributed by atoms with Gasteiger partial charge in [0.1, 0.15) is 10.6 Å². The smallest absolute Gasteiger partial charge is 0.339 e. The van der Waals surface area contributed by atoms with Crippen molar-refractivity contribution in [3.05, 3.63) is 74.0 Å². The van der Waals surface area contributed by atoms with E-state index in [-0.39, 0.29) is 27.0 Å². The molecule has 0 spiro atoms. The topological polar surface area (TPSA) is 66.4 Å². The third kappa shape index (κ3) is 4.90. The first-order valence-electron chi connectivity index (χ1n) is 8.26. The van der Waals surface area contributed by atoms with E-state index in [0.29, 0.717) is 21.7 Å². The minimum atomic E-state index is -1.96. The van der Waals surface area contributed by atoms with Gasteiger partial charge in [-0.1, -0.05) is 53.0 Å². The van der Waals surface area contributed by atoms with Crippen LogP contribution in [-0.2, 0) is 11.2 Å². The van der Waals surface area contributed by atoms with Crippen molar-refractivity contribution in [1.29, 1.82) is 0 Å². The van der Waals surface area contributed by atoms with Crippen molar-refractivity contribution >= 4 is 63.0 Å². The van der Waals surface area contributed by atoms with Crippen molar-refractivity contribution in [3.8, 4) is 11.1 Å². The van der Waals surface area contributed by atoms with E-state index in [1.54, 1.807) is 47.8 Å². The van der Waals surface area contributed by atoms with Gasteiger partial charge >= 0.3 is 5.97 Å². The largest absolute Gasteiger partial charge is 0.478 e. The first-order valence-corrected chi connectivity index (χ1v) is 10.3. The maximum atomic E-state index is 14.5. The van der Waals surface area contributed by atoms with E-state index in [2.05, 4.69) is 5.32 Å². The van der Waals surface area contributed by atoms with Gasteiger partial charge in [-0.25, -0.2) is 9.18 Å². The molecule has 0 aliphatic rings. The van der Waals surface area contributed by atoms with Crippen molar-refractivity contribution in [1.82, 2.24) is 0 Å². The van der Waals surface area contributed by atoms with Crippen molar-refractivity contribution in [3.63, 3.8) is 0 Å². The lowest BCUT2D eigenvalue weighted by Gasteiger charge is -2.12. The molecule has 1 unspecified atom stereocenters. The van der Waals surface area contributed by atoms with Crippen molar-refractivity contribution < 1.29 is 19.1 Å². The molecular weight excluding hydrogens is 460 g/mol. The highest BCUT2D eigenvalue weighted by Crippen LogP contribution is 2.36. The molecule has 0 radical (unpaired) electrons. The van der Waals surface area contributed by atoms with Gasteiger partial charge in [-0.15, -0.1) is 11.3 Å². The highest BCUT2D eigenvalue weighted by molar-refractivity contribution is 7.15. The Morgan fingerprint density at radius 2 is 1.69 bits per heavy atom. The molecule has 1 atom stereocenters. The number of halogens is 4. The van der Waals surface area contributed by atoms with Gasteiger partial charge in [0.2, 0.25) is 0 Å². The standard InChI is InChI=1S/C20H13Cl3FNO3S/c21-11-6-4-10(5-7-11)13-9-29-19(17(13)20(27)28)25-18(26)16(24)8-12-14(22)2-1-3-15(12)23/h1-7,9,16H,8H2,(H,25,26)(H,27,28). The molecule has 0 bridgehead atoms. The second-order valence-corrected chi connectivity index (χ2v) is 8.16. The molecule has 3 aromatic rings. The first-order chi connectivity index (χ1) is 13.8. The zero-order valence-corrected chi connectivity index (χ0v) is 17.7. The summed E-state index contributed by atoms with van der Waals surface area (Å²) in [7, 11) is 0. The Balaban J connectivity index is 1.83. The highest BCUT2D eigenvalue weighted by Gasteiger charge is 2.25. The number of alkyl halides is 1. The van der Waals surface area contributed by atoms with Crippen molar-refractivity contribution in [2.24, 2.45) is 0 Å². The molecule has 3 rings (SSSR count). The van der Waals surface area contributed by atoms with Gasteiger partial charge in [0.15, 0.2) is 6.17 Å². The van der Waals surface area contributed by atoms with E-state index in [4.69, 9.17) is 34.8 Å². The van der Waals surface area contributed by atoms with Crippen molar-refractivity contribution in [2.45, 2.75) is 12.6 Å². The van der Waals surface area contributed by atoms with E-state index >= 15 is 0 Å². The summed E-state index contributed by atoms with van der Waals surface area (Å²) < 4.78 is 14.5. The average molecular weight is 473 g/mol. The molecule has 29 heavy (non-hydrogen) atoms. The summed E-state index contributed by atoms with van der Waals surface area (Å²) in [6.07, 6.45) is -2.29. The Bertz CT molecular complexity index is 1050. The number of hydrogen-bond donors (Lipinski definition) is 2. The van der Waals surface area contributed by atoms with Crippen LogP contribution in [0.15, 0.2) is 47.8 Å². The van der Waals surface area contributed by atoms with Gasteiger partial charge in [-0.05, 0) is 35.4 Å². The van der Waals surface area contributed by atoms with Crippen LogP contribution >= 0.6 is 46.1 Å². The zero-order valence-electron chi connectivity index (χ0n) is 14.6. The molecule has 1 aromatic heterocycles. The number of nitrogens with one attached hydrogen (secondary N) is 1. The minimum absolute atomic E-state index is 0.0420. The van der Waals surface area contributed by atoms with Crippen LogP contribution < -0.4 is 5.32 Å². The van der Waals surface area contributed by atoms with Crippen LogP contribution in [0.25, 0.3) is 11.1 Å². The molecule has 0 saturated heterocycles. The molecule has 2 aromatic carbocycles. The lowest BCUT2D eigenvalue weighted by atomic mass is 10.0. The first kappa shape index (κ1) is 21.6. The minimum Gasteiger partial charge on any atom is -0.478 e. The van der Waals surface area contributed by atoms with E-state index in [9.17, 15) is 19.1 Å². The van der Waals surface area contributed by atoms with E-state index in [1.807, 2.05) is 0 Å². The summed E-state index contributed by atoms with van der Waals surface area (Å²) in [4.78, 5) is 24.1. The Hall–Kier alpha value is -2.12. The fourth-order valence-electron chi connectivity index (χ4n) is 2.69. The SMILES string of the molecule is O=C(O)c1c(-c2ccc(Cl)cc2)csc1NC(=O)C(F)Cc1c(Cl)cccc1Cl. The Labute approximate surface area is 184 Å². The number of carboxylic acids is 1. The number of carbonyl (C=O) groups excluding carboxylic acids is 1. The molecule has 0 saturated carbocycles. The van der Waals surface area contributed by atoms with Crippen LogP contribution in [0, 0.1) is 0 Å². The molecule has 9 heteroatoms. The summed E-state index contributed by atoms with van der Waals surface area (Å²) in [5.74, 6) is -2.22. The van der Waals surface area contributed by atoms with Crippen molar-refractivity contribution in [2.75, 3.05) is 5.32 Å². The zero-order chi connectivity index (χ0) is 21.1. The number of carboxylic acid groups (broad SMARTS) is 1. The van der Waals surface area contributed by atoms with Crippen LogP contribution in [0.4, 0.5) is 9.39 Å². The number of benzene rings is 2. The second-order valence-electron chi connectivity index (χ2n) is 6.03. The van der Waals surface area contributed by atoms with E-state index < -0.39 is 18.0 Å². The maximum Gasteiger partial charge on any atom is 0.339 e. The lowest BCUT2D eigenvalue weighted by Crippen LogP contribution is -2.26. The molecule has 150 valence electrons. The predicted molar refractivity (Wildman–Crippen MR) is 115 cm³/mol. The number of aromatic carboxylic acids is 1. The number of thiophene rings is 1. The van der Waals surface area contributed by atoms with Crippen LogP contribution in [0.1, 0.15) is 15.9 Å². The van der Waals surface area contributed by atoms with Gasteiger partial charge in [0.25, 0.3) is 5.91 Å². The highest BCUT2D eigenvalue weighted by atomic mass is 35.5. The quantitative estimate of drug-likeness (QED) is 0.425. The number of anilines is 1. The van der Waals surface area contributed by atoms with Gasteiger partial charge in [0, 0.05) is 32.4 Å². The Morgan fingerprint density at radius 1 is 1.07 bits per heavy atom. The maximum absolute atomic E-state index is 14.5. The molecule has 0 fully saturated rings. The molecule has 0 aliphatic heterocycles. The van der Waals surface area contributed by atoms with E-state index in [1.165, 1.54) is 0 Å². The van der Waals surface area contributed by atoms with Gasteiger partial charge < -0.3 is 10.4 Å². The number of hydrogen-bond acceptors (Lipinski definition) is 3. The van der Waals surface area contributed by atoms with Crippen LogP contribution in [-0.4, -0.2) is 23.2 Å². The summed E-state index contributed by atoms with van der Waals surface area (Å²) >= 11 is 18.9. The third-order valence-electron chi connectivity index (χ3n) is 4.13. The Kier molecular flexibility index (Phi) is 6.80. The molecule has 0 aliphatic carbocycles. The van der Waals surface area contributed by atoms with Gasteiger partial charge in [0.05, 0.1) is 0 Å². The number of rotatable bonds is 6. The summed E-state index contributed by atoms with van der Waals surface area (Å²) in [6, 6.07) is 11.3. The molecule has 2 N–H and O–H groups in total. The van der Waals surface area contributed by atoms with Gasteiger partial charge in [-0.3, -0.25) is 4.79 Å². The summed E-state index contributed by atoms with van der Waals surface area (Å²) in [6.45, 7) is 0. The van der Waals surface area contributed by atoms with E-state index in [0.717, 1.165) is 11.3 Å². The van der Waals surface area contributed by atoms with Crippen LogP contribution in [0.2, 0.25) is 15.1 Å². The van der Waals surface area contributed by atoms with Crippen LogP contribution in [0.5, 0.6) is 0 Å². The normalized spacial score (nSPS) is 11.9. The monoisotopic (exact) mass is 471 g/mol. The second kappa shape index (κ2) is 9.13. The number of amides is 1. The molecule has 1 heterocycles. The number of carbonyl (C=O) groups is 2. The third-order valence-corrected chi connectivity index (χ3v) is 5.98. The summed E-state index contributed by atoms with van der Waals surface area (Å²) in [5.41, 5.74) is 1.21. The lowest BCUT2D eigenvalue weighted by molar-refractivity contribution is -0.120. The molecule has 4 nitrogen and oxygen atoms in total. The van der Waals surface area contributed by atoms with Crippen LogP contribution in [0.3, 0.4) is 0 Å². The van der Waals surface area contributed by atoms with Gasteiger partial charge in [-0.2, -0.15) is 0 Å². The Morgan fingerprint density at radius 3 is 2.28 bits per heavy atom. The predicted octanol–water partition coefficient (Wildman–Crippen LogP) is 6.59. The summed E-state index contributed by atoms with van der Waals surface area (Å²) in [5, 5.41) is 14.6. The fourth-order valence-corrected chi connectivity index (χ4v) is 4.34. The fraction of sp³-hybridized carbons (Fsp3) is 0.100. The average Bonchev–Trinajstić information content (AvgIpc) is 3.09.